The van der Waals surface area contributed by atoms with E-state index in [1.165, 1.54) is 11.1 Å². The van der Waals surface area contributed by atoms with E-state index in [0.717, 1.165) is 11.4 Å². The quantitative estimate of drug-likeness (QED) is 0.690. The second kappa shape index (κ2) is 3.66. The molecule has 1 aromatic rings. The number of ether oxygens (including phenoxy) is 2. The molecule has 0 radical (unpaired) electrons. The number of fused-ring (bicyclic) bond motifs is 1. The lowest BCUT2D eigenvalue weighted by Crippen LogP contribution is -2.23. The number of hydrogen-bond acceptors (Lipinski definition) is 2. The van der Waals surface area contributed by atoms with Crippen molar-refractivity contribution in [3.63, 3.8) is 0 Å². The molecule has 0 aliphatic carbocycles. The van der Waals surface area contributed by atoms with Crippen molar-refractivity contribution in [1.82, 2.24) is 0 Å². The Kier molecular flexibility index (Phi) is 2.54. The molecule has 0 fully saturated rings. The third-order valence-corrected chi connectivity index (χ3v) is 2.48. The van der Waals surface area contributed by atoms with Gasteiger partial charge in [0.15, 0.2) is 6.29 Å². The van der Waals surface area contributed by atoms with Crippen LogP contribution in [-0.2, 0) is 22.5 Å². The highest BCUT2D eigenvalue weighted by atomic mass is 35.5. The van der Waals surface area contributed by atoms with Crippen molar-refractivity contribution in [2.45, 2.75) is 19.3 Å². The van der Waals surface area contributed by atoms with Crippen LogP contribution in [0.1, 0.15) is 11.1 Å². The van der Waals surface area contributed by atoms with Crippen molar-refractivity contribution in [1.29, 1.82) is 0 Å². The van der Waals surface area contributed by atoms with E-state index < -0.39 is 0 Å². The lowest BCUT2D eigenvalue weighted by molar-refractivity contribution is -0.137. The van der Waals surface area contributed by atoms with Gasteiger partial charge in [-0.1, -0.05) is 17.7 Å². The lowest BCUT2D eigenvalue weighted by Gasteiger charge is -2.23. The van der Waals surface area contributed by atoms with Crippen molar-refractivity contribution < 1.29 is 9.47 Å². The molecule has 2 rings (SSSR count). The van der Waals surface area contributed by atoms with Crippen molar-refractivity contribution in [3.8, 4) is 0 Å². The Balaban J connectivity index is 2.27. The summed E-state index contributed by atoms with van der Waals surface area (Å²) in [6.07, 6.45) is 0.665. The van der Waals surface area contributed by atoms with Crippen LogP contribution in [0.3, 0.4) is 0 Å². The maximum absolute atomic E-state index is 5.89. The normalized spacial score (nSPS) is 21.2. The summed E-state index contributed by atoms with van der Waals surface area (Å²) in [7, 11) is 1.65. The molecule has 13 heavy (non-hydrogen) atoms. The van der Waals surface area contributed by atoms with E-state index >= 15 is 0 Å². The highest BCUT2D eigenvalue weighted by Gasteiger charge is 2.18. The molecule has 0 N–H and O–H groups in total. The second-order valence-corrected chi connectivity index (χ2v) is 3.53. The fourth-order valence-electron chi connectivity index (χ4n) is 1.50. The van der Waals surface area contributed by atoms with Crippen molar-refractivity contribution in [2.24, 2.45) is 0 Å². The average Bonchev–Trinajstić information content (AvgIpc) is 2.16. The van der Waals surface area contributed by atoms with Crippen molar-refractivity contribution in [2.75, 3.05) is 7.11 Å². The monoisotopic (exact) mass is 198 g/mol. The first-order valence-electron chi connectivity index (χ1n) is 4.21. The van der Waals surface area contributed by atoms with E-state index in [1.807, 2.05) is 18.2 Å². The molecule has 1 heterocycles. The van der Waals surface area contributed by atoms with Crippen LogP contribution >= 0.6 is 11.6 Å². The minimum Gasteiger partial charge on any atom is -0.356 e. The molecule has 0 bridgehead atoms. The van der Waals surface area contributed by atoms with E-state index in [9.17, 15) is 0 Å². The van der Waals surface area contributed by atoms with E-state index in [1.54, 1.807) is 7.11 Å². The molecule has 0 saturated carbocycles. The Bertz CT molecular complexity index is 312. The van der Waals surface area contributed by atoms with Gasteiger partial charge in [0, 0.05) is 18.6 Å². The number of methoxy groups -OCH3 is 1. The van der Waals surface area contributed by atoms with Gasteiger partial charge in [-0.3, -0.25) is 0 Å². The molecule has 1 atom stereocenters. The van der Waals surface area contributed by atoms with Gasteiger partial charge in [0.1, 0.15) is 0 Å². The topological polar surface area (TPSA) is 18.5 Å². The predicted molar refractivity (Wildman–Crippen MR) is 50.7 cm³/mol. The van der Waals surface area contributed by atoms with Gasteiger partial charge in [0.25, 0.3) is 0 Å². The fraction of sp³-hybridized carbons (Fsp3) is 0.400. The minimum absolute atomic E-state index is 0.119. The van der Waals surface area contributed by atoms with E-state index in [2.05, 4.69) is 0 Å². The van der Waals surface area contributed by atoms with Crippen molar-refractivity contribution >= 4 is 11.6 Å². The molecule has 0 saturated heterocycles. The average molecular weight is 199 g/mol. The van der Waals surface area contributed by atoms with Crippen LogP contribution in [0.5, 0.6) is 0 Å². The maximum Gasteiger partial charge on any atom is 0.161 e. The predicted octanol–water partition coefficient (Wildman–Crippen LogP) is 2.39. The lowest BCUT2D eigenvalue weighted by atomic mass is 10.0. The van der Waals surface area contributed by atoms with E-state index in [-0.39, 0.29) is 6.29 Å². The third kappa shape index (κ3) is 1.85. The van der Waals surface area contributed by atoms with Crippen LogP contribution in [0.25, 0.3) is 0 Å². The van der Waals surface area contributed by atoms with Gasteiger partial charge in [-0.25, -0.2) is 0 Å². The summed E-state index contributed by atoms with van der Waals surface area (Å²) in [5, 5.41) is 0.774. The SMILES string of the molecule is CO[C@H]1Cc2cc(Cl)ccc2CO1. The van der Waals surface area contributed by atoms with Gasteiger partial charge < -0.3 is 9.47 Å². The van der Waals surface area contributed by atoms with Crippen LogP contribution in [0, 0.1) is 0 Å². The van der Waals surface area contributed by atoms with Crippen LogP contribution in [0.4, 0.5) is 0 Å². The molecule has 0 spiro atoms. The second-order valence-electron chi connectivity index (χ2n) is 3.09. The summed E-state index contributed by atoms with van der Waals surface area (Å²) < 4.78 is 10.6. The van der Waals surface area contributed by atoms with Gasteiger partial charge >= 0.3 is 0 Å². The molecule has 1 aromatic carbocycles. The summed E-state index contributed by atoms with van der Waals surface area (Å²) in [6.45, 7) is 0.616. The van der Waals surface area contributed by atoms with Gasteiger partial charge in [-0.2, -0.15) is 0 Å². The molecule has 0 aromatic heterocycles. The minimum atomic E-state index is -0.119. The summed E-state index contributed by atoms with van der Waals surface area (Å²) in [5.74, 6) is 0. The molecular weight excluding hydrogens is 188 g/mol. The third-order valence-electron chi connectivity index (χ3n) is 2.24. The standard InChI is InChI=1S/C10H11ClO2/c1-12-10-5-8-4-9(11)3-2-7(8)6-13-10/h2-4,10H,5-6H2,1H3/t10-/m1/s1. The molecule has 3 heteroatoms. The highest BCUT2D eigenvalue weighted by molar-refractivity contribution is 6.30. The zero-order valence-electron chi connectivity index (χ0n) is 7.42. The summed E-state index contributed by atoms with van der Waals surface area (Å²) in [6, 6.07) is 5.87. The Morgan fingerprint density at radius 2 is 2.31 bits per heavy atom. The largest absolute Gasteiger partial charge is 0.356 e. The van der Waals surface area contributed by atoms with Gasteiger partial charge in [0.2, 0.25) is 0 Å². The fourth-order valence-corrected chi connectivity index (χ4v) is 1.69. The molecule has 1 aliphatic rings. The number of hydrogen-bond donors (Lipinski definition) is 0. The summed E-state index contributed by atoms with van der Waals surface area (Å²) in [5.41, 5.74) is 2.43. The number of rotatable bonds is 1. The summed E-state index contributed by atoms with van der Waals surface area (Å²) in [4.78, 5) is 0. The van der Waals surface area contributed by atoms with Crippen LogP contribution < -0.4 is 0 Å². The van der Waals surface area contributed by atoms with Gasteiger partial charge in [-0.15, -0.1) is 0 Å². The van der Waals surface area contributed by atoms with Crippen LogP contribution in [0.15, 0.2) is 18.2 Å². The molecule has 1 aliphatic heterocycles. The zero-order chi connectivity index (χ0) is 9.26. The van der Waals surface area contributed by atoms with Gasteiger partial charge in [0.05, 0.1) is 6.61 Å². The van der Waals surface area contributed by atoms with E-state index in [4.69, 9.17) is 21.1 Å². The Hall–Kier alpha value is -0.570. The Morgan fingerprint density at radius 3 is 3.08 bits per heavy atom. The molecule has 2 nitrogen and oxygen atoms in total. The first-order valence-corrected chi connectivity index (χ1v) is 4.59. The van der Waals surface area contributed by atoms with Crippen LogP contribution in [-0.4, -0.2) is 13.4 Å². The molecule has 70 valence electrons. The highest BCUT2D eigenvalue weighted by Crippen LogP contribution is 2.23. The maximum atomic E-state index is 5.89. The zero-order valence-corrected chi connectivity index (χ0v) is 8.17. The molecular formula is C10H11ClO2. The number of halogens is 1. The first kappa shape index (κ1) is 9.00. The molecule has 0 unspecified atom stereocenters. The Morgan fingerprint density at radius 1 is 1.46 bits per heavy atom. The smallest absolute Gasteiger partial charge is 0.161 e. The van der Waals surface area contributed by atoms with E-state index in [0.29, 0.717) is 6.61 Å². The number of benzene rings is 1. The first-order chi connectivity index (χ1) is 6.29. The van der Waals surface area contributed by atoms with Crippen molar-refractivity contribution in [3.05, 3.63) is 34.3 Å². The Labute approximate surface area is 82.4 Å². The summed E-state index contributed by atoms with van der Waals surface area (Å²) >= 11 is 5.89. The van der Waals surface area contributed by atoms with Gasteiger partial charge in [-0.05, 0) is 23.3 Å². The molecule has 0 amide bonds. The van der Waals surface area contributed by atoms with Crippen LogP contribution in [0.2, 0.25) is 5.02 Å².